The first-order chi connectivity index (χ1) is 10.2. The summed E-state index contributed by atoms with van der Waals surface area (Å²) in [5.74, 6) is 0.995. The van der Waals surface area contributed by atoms with Crippen molar-refractivity contribution in [3.8, 4) is 11.5 Å². The number of aryl methyl sites for hydroxylation is 1. The summed E-state index contributed by atoms with van der Waals surface area (Å²) in [7, 11) is 1.60. The lowest BCUT2D eigenvalue weighted by Crippen LogP contribution is -2.02. The minimum atomic E-state index is -0.268. The molecule has 0 saturated heterocycles. The quantitative estimate of drug-likeness (QED) is 0.850. The fraction of sp³-hybridized carbons (Fsp3) is 0.294. The van der Waals surface area contributed by atoms with Crippen molar-refractivity contribution in [2.75, 3.05) is 13.7 Å². The number of halogens is 1. The topological polar surface area (TPSA) is 44.5 Å². The van der Waals surface area contributed by atoms with Gasteiger partial charge in [-0.25, -0.2) is 4.39 Å². The first kappa shape index (κ1) is 15.3. The van der Waals surface area contributed by atoms with Crippen LogP contribution >= 0.6 is 0 Å². The zero-order chi connectivity index (χ0) is 15.1. The Kier molecular flexibility index (Phi) is 5.58. The van der Waals surface area contributed by atoms with Crippen molar-refractivity contribution in [2.24, 2.45) is 5.73 Å². The Balaban J connectivity index is 2.07. The SMILES string of the molecule is COc1cc(CCCN)ccc1OCc1ccccc1F. The molecule has 0 aromatic heterocycles. The molecule has 4 heteroatoms. The number of methoxy groups -OCH3 is 1. The standard InChI is InChI=1S/C17H20FNO2/c1-20-17-11-13(5-4-10-19)8-9-16(17)21-12-14-6-2-3-7-15(14)18/h2-3,6-9,11H,4-5,10,12,19H2,1H3. The molecule has 0 atom stereocenters. The van der Waals surface area contributed by atoms with Gasteiger partial charge in [0.2, 0.25) is 0 Å². The number of benzene rings is 2. The molecule has 112 valence electrons. The van der Waals surface area contributed by atoms with Gasteiger partial charge in [0.15, 0.2) is 11.5 Å². The Labute approximate surface area is 124 Å². The summed E-state index contributed by atoms with van der Waals surface area (Å²) >= 11 is 0. The van der Waals surface area contributed by atoms with Gasteiger partial charge in [-0.15, -0.1) is 0 Å². The Morgan fingerprint density at radius 1 is 1.10 bits per heavy atom. The van der Waals surface area contributed by atoms with Gasteiger partial charge < -0.3 is 15.2 Å². The van der Waals surface area contributed by atoms with E-state index in [1.165, 1.54) is 6.07 Å². The lowest BCUT2D eigenvalue weighted by Gasteiger charge is -2.12. The maximum Gasteiger partial charge on any atom is 0.161 e. The van der Waals surface area contributed by atoms with E-state index < -0.39 is 0 Å². The molecule has 0 spiro atoms. The molecule has 2 aromatic carbocycles. The molecule has 0 saturated carbocycles. The predicted molar refractivity (Wildman–Crippen MR) is 81.1 cm³/mol. The van der Waals surface area contributed by atoms with Crippen molar-refractivity contribution >= 4 is 0 Å². The molecule has 0 heterocycles. The summed E-state index contributed by atoms with van der Waals surface area (Å²) in [5.41, 5.74) is 7.18. The Bertz CT molecular complexity index is 587. The van der Waals surface area contributed by atoms with Crippen LogP contribution in [0.15, 0.2) is 42.5 Å². The van der Waals surface area contributed by atoms with Crippen LogP contribution in [0.1, 0.15) is 17.5 Å². The summed E-state index contributed by atoms with van der Waals surface area (Å²) in [6, 6.07) is 12.3. The lowest BCUT2D eigenvalue weighted by molar-refractivity contribution is 0.279. The zero-order valence-electron chi connectivity index (χ0n) is 12.1. The molecule has 2 rings (SSSR count). The van der Waals surface area contributed by atoms with Gasteiger partial charge in [0.25, 0.3) is 0 Å². The van der Waals surface area contributed by atoms with Crippen molar-refractivity contribution in [1.29, 1.82) is 0 Å². The first-order valence-electron chi connectivity index (χ1n) is 6.97. The number of ether oxygens (including phenoxy) is 2. The van der Waals surface area contributed by atoms with Crippen LogP contribution in [-0.4, -0.2) is 13.7 Å². The highest BCUT2D eigenvalue weighted by Crippen LogP contribution is 2.29. The largest absolute Gasteiger partial charge is 0.493 e. The van der Waals surface area contributed by atoms with Crippen molar-refractivity contribution in [3.63, 3.8) is 0 Å². The molecule has 0 amide bonds. The molecule has 0 bridgehead atoms. The monoisotopic (exact) mass is 289 g/mol. The summed E-state index contributed by atoms with van der Waals surface area (Å²) in [6.45, 7) is 0.832. The van der Waals surface area contributed by atoms with E-state index in [4.69, 9.17) is 15.2 Å². The Morgan fingerprint density at radius 3 is 2.62 bits per heavy atom. The third-order valence-electron chi connectivity index (χ3n) is 3.24. The molecular weight excluding hydrogens is 269 g/mol. The van der Waals surface area contributed by atoms with E-state index >= 15 is 0 Å². The summed E-state index contributed by atoms with van der Waals surface area (Å²) in [4.78, 5) is 0. The van der Waals surface area contributed by atoms with Gasteiger partial charge in [-0.05, 0) is 43.1 Å². The molecule has 0 fully saturated rings. The highest BCUT2D eigenvalue weighted by atomic mass is 19.1. The molecule has 0 aliphatic carbocycles. The first-order valence-corrected chi connectivity index (χ1v) is 6.97. The van der Waals surface area contributed by atoms with Crippen molar-refractivity contribution in [3.05, 3.63) is 59.4 Å². The van der Waals surface area contributed by atoms with Gasteiger partial charge in [-0.2, -0.15) is 0 Å². The highest BCUT2D eigenvalue weighted by Gasteiger charge is 2.08. The molecular formula is C17H20FNO2. The van der Waals surface area contributed by atoms with Crippen LogP contribution < -0.4 is 15.2 Å². The minimum absolute atomic E-state index is 0.172. The molecule has 3 nitrogen and oxygen atoms in total. The van der Waals surface area contributed by atoms with E-state index in [0.29, 0.717) is 23.6 Å². The van der Waals surface area contributed by atoms with Crippen molar-refractivity contribution in [1.82, 2.24) is 0 Å². The van der Waals surface area contributed by atoms with Crippen LogP contribution in [0.2, 0.25) is 0 Å². The Morgan fingerprint density at radius 2 is 1.90 bits per heavy atom. The van der Waals surface area contributed by atoms with Crippen molar-refractivity contribution in [2.45, 2.75) is 19.4 Å². The van der Waals surface area contributed by atoms with E-state index in [2.05, 4.69) is 0 Å². The molecule has 0 aliphatic rings. The molecule has 0 unspecified atom stereocenters. The van der Waals surface area contributed by atoms with Gasteiger partial charge in [-0.3, -0.25) is 0 Å². The smallest absolute Gasteiger partial charge is 0.161 e. The van der Waals surface area contributed by atoms with Gasteiger partial charge in [-0.1, -0.05) is 24.3 Å². The highest BCUT2D eigenvalue weighted by molar-refractivity contribution is 5.43. The molecule has 0 aliphatic heterocycles. The number of nitrogens with two attached hydrogens (primary N) is 1. The Hall–Kier alpha value is -2.07. The maximum absolute atomic E-state index is 13.6. The van der Waals surface area contributed by atoms with Gasteiger partial charge >= 0.3 is 0 Å². The van der Waals surface area contributed by atoms with Crippen LogP contribution in [0.25, 0.3) is 0 Å². The summed E-state index contributed by atoms with van der Waals surface area (Å²) in [6.07, 6.45) is 1.83. The van der Waals surface area contributed by atoms with E-state index in [1.54, 1.807) is 25.3 Å². The fourth-order valence-corrected chi connectivity index (χ4v) is 2.06. The molecule has 21 heavy (non-hydrogen) atoms. The number of hydrogen-bond acceptors (Lipinski definition) is 3. The zero-order valence-corrected chi connectivity index (χ0v) is 12.1. The molecule has 0 radical (unpaired) electrons. The van der Waals surface area contributed by atoms with E-state index in [-0.39, 0.29) is 12.4 Å². The number of hydrogen-bond donors (Lipinski definition) is 1. The van der Waals surface area contributed by atoms with Crippen LogP contribution in [0.3, 0.4) is 0 Å². The third kappa shape index (κ3) is 4.20. The molecule has 2 aromatic rings. The van der Waals surface area contributed by atoms with Crippen LogP contribution in [0.4, 0.5) is 4.39 Å². The molecule has 2 N–H and O–H groups in total. The second kappa shape index (κ2) is 7.64. The normalized spacial score (nSPS) is 10.4. The third-order valence-corrected chi connectivity index (χ3v) is 3.24. The number of rotatable bonds is 7. The summed E-state index contributed by atoms with van der Waals surface area (Å²) < 4.78 is 24.6. The average molecular weight is 289 g/mol. The van der Waals surface area contributed by atoms with Gasteiger partial charge in [0, 0.05) is 5.56 Å². The van der Waals surface area contributed by atoms with E-state index in [0.717, 1.165) is 18.4 Å². The average Bonchev–Trinajstić information content (AvgIpc) is 2.52. The lowest BCUT2D eigenvalue weighted by atomic mass is 10.1. The van der Waals surface area contributed by atoms with E-state index in [1.807, 2.05) is 18.2 Å². The summed E-state index contributed by atoms with van der Waals surface area (Å²) in [5, 5.41) is 0. The van der Waals surface area contributed by atoms with Crippen LogP contribution in [-0.2, 0) is 13.0 Å². The second-order valence-electron chi connectivity index (χ2n) is 4.76. The van der Waals surface area contributed by atoms with Crippen LogP contribution in [0.5, 0.6) is 11.5 Å². The fourth-order valence-electron chi connectivity index (χ4n) is 2.06. The van der Waals surface area contributed by atoms with E-state index in [9.17, 15) is 4.39 Å². The van der Waals surface area contributed by atoms with Gasteiger partial charge in [0.1, 0.15) is 12.4 Å². The maximum atomic E-state index is 13.6. The predicted octanol–water partition coefficient (Wildman–Crippen LogP) is 3.30. The van der Waals surface area contributed by atoms with Gasteiger partial charge in [0.05, 0.1) is 7.11 Å². The van der Waals surface area contributed by atoms with Crippen LogP contribution in [0, 0.1) is 5.82 Å². The second-order valence-corrected chi connectivity index (χ2v) is 4.76. The van der Waals surface area contributed by atoms with Crippen molar-refractivity contribution < 1.29 is 13.9 Å². The minimum Gasteiger partial charge on any atom is -0.493 e.